The van der Waals surface area contributed by atoms with Crippen molar-refractivity contribution in [2.45, 2.75) is 18.7 Å². The van der Waals surface area contributed by atoms with Crippen molar-refractivity contribution in [1.29, 1.82) is 0 Å². The molecule has 0 saturated carbocycles. The average molecular weight is 324 g/mol. The summed E-state index contributed by atoms with van der Waals surface area (Å²) in [5.41, 5.74) is 1.94. The number of carbonyl (C=O) groups excluding carboxylic acids is 1. The molecule has 2 aromatic rings. The van der Waals surface area contributed by atoms with E-state index in [-0.39, 0.29) is 10.7 Å². The normalized spacial score (nSPS) is 12.2. The third-order valence-corrected chi connectivity index (χ3v) is 4.09. The van der Waals surface area contributed by atoms with E-state index in [0.717, 1.165) is 21.0 Å². The molecule has 18 heavy (non-hydrogen) atoms. The first-order chi connectivity index (χ1) is 8.58. The molecule has 1 atom stereocenters. The van der Waals surface area contributed by atoms with Crippen LogP contribution in [0.1, 0.15) is 31.9 Å². The molecule has 1 aromatic carbocycles. The summed E-state index contributed by atoms with van der Waals surface area (Å²) in [6, 6.07) is 11.6. The molecule has 2 nitrogen and oxygen atoms in total. The number of para-hydroxylation sites is 1. The number of benzene rings is 1. The van der Waals surface area contributed by atoms with E-state index < -0.39 is 0 Å². The number of thiophene rings is 1. The maximum absolute atomic E-state index is 12.1. The van der Waals surface area contributed by atoms with Crippen LogP contribution < -0.4 is 5.32 Å². The van der Waals surface area contributed by atoms with Gasteiger partial charge >= 0.3 is 0 Å². The summed E-state index contributed by atoms with van der Waals surface area (Å²) < 4.78 is 0. The van der Waals surface area contributed by atoms with Gasteiger partial charge in [-0.15, -0.1) is 11.3 Å². The summed E-state index contributed by atoms with van der Waals surface area (Å²) >= 11 is 5.04. The number of carbonyl (C=O) groups is 1. The molecule has 0 bridgehead atoms. The SMILES string of the molecule is Cc1ccc(C(=O)Nc2ccccc2C(C)Br)s1. The van der Waals surface area contributed by atoms with Gasteiger partial charge < -0.3 is 5.32 Å². The van der Waals surface area contributed by atoms with Gasteiger partial charge in [0.25, 0.3) is 5.91 Å². The molecule has 4 heteroatoms. The van der Waals surface area contributed by atoms with Gasteiger partial charge in [0.15, 0.2) is 0 Å². The van der Waals surface area contributed by atoms with Crippen LogP contribution in [-0.2, 0) is 0 Å². The lowest BCUT2D eigenvalue weighted by Crippen LogP contribution is -2.11. The molecule has 0 spiro atoms. The number of anilines is 1. The molecule has 1 unspecified atom stereocenters. The molecular weight excluding hydrogens is 310 g/mol. The minimum Gasteiger partial charge on any atom is -0.321 e. The first kappa shape index (κ1) is 13.3. The number of nitrogens with one attached hydrogen (secondary N) is 1. The van der Waals surface area contributed by atoms with Crippen molar-refractivity contribution in [3.05, 3.63) is 51.7 Å². The van der Waals surface area contributed by atoms with E-state index in [0.29, 0.717) is 0 Å². The Morgan fingerprint density at radius 1 is 1.28 bits per heavy atom. The summed E-state index contributed by atoms with van der Waals surface area (Å²) in [5, 5.41) is 2.96. The number of hydrogen-bond acceptors (Lipinski definition) is 2. The number of hydrogen-bond donors (Lipinski definition) is 1. The highest BCUT2D eigenvalue weighted by atomic mass is 79.9. The number of alkyl halides is 1. The molecule has 0 saturated heterocycles. The molecular formula is C14H14BrNOS. The lowest BCUT2D eigenvalue weighted by atomic mass is 10.1. The predicted octanol–water partition coefficient (Wildman–Crippen LogP) is 4.76. The van der Waals surface area contributed by atoms with Crippen molar-refractivity contribution >= 4 is 38.9 Å². The Bertz CT molecular complexity index is 562. The standard InChI is InChI=1S/C14H14BrNOS/c1-9-7-8-13(18-9)14(17)16-12-6-4-3-5-11(12)10(2)15/h3-8,10H,1-2H3,(H,16,17). The number of aryl methyl sites for hydroxylation is 1. The topological polar surface area (TPSA) is 29.1 Å². The Morgan fingerprint density at radius 3 is 2.61 bits per heavy atom. The molecule has 0 aliphatic heterocycles. The Hall–Kier alpha value is -1.13. The summed E-state index contributed by atoms with van der Waals surface area (Å²) in [7, 11) is 0. The van der Waals surface area contributed by atoms with Gasteiger partial charge in [-0.05, 0) is 37.6 Å². The van der Waals surface area contributed by atoms with Gasteiger partial charge in [-0.25, -0.2) is 0 Å². The second-order valence-electron chi connectivity index (χ2n) is 4.07. The fourth-order valence-electron chi connectivity index (χ4n) is 1.70. The van der Waals surface area contributed by atoms with E-state index in [4.69, 9.17) is 0 Å². The van der Waals surface area contributed by atoms with Gasteiger partial charge in [0, 0.05) is 15.4 Å². The zero-order valence-corrected chi connectivity index (χ0v) is 12.6. The lowest BCUT2D eigenvalue weighted by molar-refractivity contribution is 0.103. The van der Waals surface area contributed by atoms with E-state index in [1.807, 2.05) is 50.2 Å². The van der Waals surface area contributed by atoms with E-state index >= 15 is 0 Å². The van der Waals surface area contributed by atoms with Gasteiger partial charge in [-0.1, -0.05) is 34.1 Å². The summed E-state index contributed by atoms with van der Waals surface area (Å²) in [6.45, 7) is 4.04. The molecule has 0 radical (unpaired) electrons. The van der Waals surface area contributed by atoms with Crippen molar-refractivity contribution in [1.82, 2.24) is 0 Å². The second-order valence-corrected chi connectivity index (χ2v) is 6.73. The minimum absolute atomic E-state index is 0.0475. The Kier molecular flexibility index (Phi) is 4.19. The van der Waals surface area contributed by atoms with Crippen molar-refractivity contribution < 1.29 is 4.79 Å². The Balaban J connectivity index is 2.22. The van der Waals surface area contributed by atoms with Gasteiger partial charge in [0.05, 0.1) is 4.88 Å². The molecule has 0 aliphatic carbocycles. The molecule has 1 amide bonds. The highest BCUT2D eigenvalue weighted by molar-refractivity contribution is 9.09. The largest absolute Gasteiger partial charge is 0.321 e. The smallest absolute Gasteiger partial charge is 0.265 e. The zero-order valence-electron chi connectivity index (χ0n) is 10.2. The second kappa shape index (κ2) is 5.67. The van der Waals surface area contributed by atoms with Crippen LogP contribution in [0.15, 0.2) is 36.4 Å². The van der Waals surface area contributed by atoms with Crippen molar-refractivity contribution in [3.63, 3.8) is 0 Å². The van der Waals surface area contributed by atoms with Crippen molar-refractivity contribution in [3.8, 4) is 0 Å². The van der Waals surface area contributed by atoms with E-state index in [1.54, 1.807) is 0 Å². The van der Waals surface area contributed by atoms with Gasteiger partial charge in [-0.3, -0.25) is 4.79 Å². The minimum atomic E-state index is -0.0475. The molecule has 0 aliphatic rings. The van der Waals surface area contributed by atoms with E-state index in [2.05, 4.69) is 21.2 Å². The zero-order chi connectivity index (χ0) is 13.1. The van der Waals surface area contributed by atoms with Crippen LogP contribution in [0.3, 0.4) is 0 Å². The number of rotatable bonds is 3. The van der Waals surface area contributed by atoms with Crippen LogP contribution >= 0.6 is 27.3 Å². The summed E-state index contributed by atoms with van der Waals surface area (Å²) in [4.78, 5) is 14.2. The molecule has 1 N–H and O–H groups in total. The van der Waals surface area contributed by atoms with E-state index in [9.17, 15) is 4.79 Å². The van der Waals surface area contributed by atoms with Crippen molar-refractivity contribution in [2.24, 2.45) is 0 Å². The van der Waals surface area contributed by atoms with Gasteiger partial charge in [-0.2, -0.15) is 0 Å². The fourth-order valence-corrected chi connectivity index (χ4v) is 2.86. The van der Waals surface area contributed by atoms with Crippen LogP contribution in [0, 0.1) is 6.92 Å². The van der Waals surface area contributed by atoms with Gasteiger partial charge in [0.1, 0.15) is 0 Å². The molecule has 0 fully saturated rings. The van der Waals surface area contributed by atoms with Crippen LogP contribution in [0.25, 0.3) is 0 Å². The van der Waals surface area contributed by atoms with Crippen LogP contribution in [0.2, 0.25) is 0 Å². The monoisotopic (exact) mass is 323 g/mol. The average Bonchev–Trinajstić information content (AvgIpc) is 2.76. The third-order valence-electron chi connectivity index (χ3n) is 2.60. The maximum atomic E-state index is 12.1. The highest BCUT2D eigenvalue weighted by Gasteiger charge is 2.12. The summed E-state index contributed by atoms with van der Waals surface area (Å²) in [5.74, 6) is -0.0475. The number of amides is 1. The Morgan fingerprint density at radius 2 is 2.00 bits per heavy atom. The predicted molar refractivity (Wildman–Crippen MR) is 80.8 cm³/mol. The third kappa shape index (κ3) is 3.00. The van der Waals surface area contributed by atoms with Crippen LogP contribution in [0.5, 0.6) is 0 Å². The maximum Gasteiger partial charge on any atom is 0.265 e. The fraction of sp³-hybridized carbons (Fsp3) is 0.214. The van der Waals surface area contributed by atoms with Crippen LogP contribution in [0.4, 0.5) is 5.69 Å². The van der Waals surface area contributed by atoms with Crippen molar-refractivity contribution in [2.75, 3.05) is 5.32 Å². The first-order valence-corrected chi connectivity index (χ1v) is 7.42. The molecule has 94 valence electrons. The lowest BCUT2D eigenvalue weighted by Gasteiger charge is -2.11. The molecule has 1 heterocycles. The van der Waals surface area contributed by atoms with Gasteiger partial charge in [0.2, 0.25) is 0 Å². The van der Waals surface area contributed by atoms with E-state index in [1.165, 1.54) is 11.3 Å². The quantitative estimate of drug-likeness (QED) is 0.810. The highest BCUT2D eigenvalue weighted by Crippen LogP contribution is 2.29. The molecule has 1 aromatic heterocycles. The molecule has 2 rings (SSSR count). The number of halogens is 1. The first-order valence-electron chi connectivity index (χ1n) is 5.68. The summed E-state index contributed by atoms with van der Waals surface area (Å²) in [6.07, 6.45) is 0. The van der Waals surface area contributed by atoms with Crippen LogP contribution in [-0.4, -0.2) is 5.91 Å². The Labute approximate surface area is 119 Å².